The van der Waals surface area contributed by atoms with Crippen molar-refractivity contribution in [2.45, 2.75) is 6.92 Å². The lowest BCUT2D eigenvalue weighted by molar-refractivity contribution is 0.254. The molecule has 0 fully saturated rings. The Hall–Kier alpha value is -1.17. The van der Waals surface area contributed by atoms with Crippen molar-refractivity contribution in [3.05, 3.63) is 5.82 Å². The highest BCUT2D eigenvalue weighted by molar-refractivity contribution is 7.09. The Morgan fingerprint density at radius 3 is 2.82 bits per heavy atom. The molecule has 0 bridgehead atoms. The molecule has 0 atom stereocenters. The number of nitrogens with one attached hydrogen (secondary N) is 2. The lowest BCUT2D eigenvalue weighted by Crippen LogP contribution is -2.24. The third-order valence-electron chi connectivity index (χ3n) is 0.975. The molecule has 5 nitrogen and oxygen atoms in total. The van der Waals surface area contributed by atoms with E-state index in [2.05, 4.69) is 20.0 Å². The van der Waals surface area contributed by atoms with E-state index in [-0.39, 0.29) is 6.03 Å². The second-order valence-electron chi connectivity index (χ2n) is 1.85. The van der Waals surface area contributed by atoms with Gasteiger partial charge in [-0.15, -0.1) is 0 Å². The average Bonchev–Trinajstić information content (AvgIpc) is 2.35. The van der Waals surface area contributed by atoms with Gasteiger partial charge in [0.15, 0.2) is 0 Å². The summed E-state index contributed by atoms with van der Waals surface area (Å²) in [5.74, 6) is 0.668. The van der Waals surface area contributed by atoms with Gasteiger partial charge in [0.2, 0.25) is 5.13 Å². The Balaban J connectivity index is 2.57. The third-order valence-corrected chi connectivity index (χ3v) is 1.70. The molecule has 0 radical (unpaired) electrons. The van der Waals surface area contributed by atoms with Crippen molar-refractivity contribution in [3.8, 4) is 0 Å². The highest BCUT2D eigenvalue weighted by atomic mass is 32.1. The minimum Gasteiger partial charge on any atom is -0.341 e. The van der Waals surface area contributed by atoms with Crippen LogP contribution in [0.1, 0.15) is 5.82 Å². The molecule has 0 aliphatic carbocycles. The maximum Gasteiger partial charge on any atom is 0.320 e. The standard InChI is InChI=1S/C5H8N4OS/c1-3-7-5(11-9-3)8-4(10)6-2/h1-2H3,(H2,6,7,8,9,10). The summed E-state index contributed by atoms with van der Waals surface area (Å²) in [6.07, 6.45) is 0. The zero-order valence-electron chi connectivity index (χ0n) is 6.21. The fourth-order valence-electron chi connectivity index (χ4n) is 0.507. The number of hydrogen-bond donors (Lipinski definition) is 2. The van der Waals surface area contributed by atoms with E-state index in [1.54, 1.807) is 14.0 Å². The topological polar surface area (TPSA) is 66.9 Å². The van der Waals surface area contributed by atoms with Crippen LogP contribution in [0, 0.1) is 6.92 Å². The van der Waals surface area contributed by atoms with E-state index >= 15 is 0 Å². The van der Waals surface area contributed by atoms with Crippen LogP contribution in [-0.2, 0) is 0 Å². The van der Waals surface area contributed by atoms with Crippen LogP contribution in [0.4, 0.5) is 9.93 Å². The molecule has 1 aromatic heterocycles. The molecule has 6 heteroatoms. The second kappa shape index (κ2) is 3.29. The first kappa shape index (κ1) is 7.93. The molecular formula is C5H8N4OS. The number of aromatic nitrogens is 2. The molecule has 0 aliphatic rings. The van der Waals surface area contributed by atoms with Crippen molar-refractivity contribution in [2.24, 2.45) is 0 Å². The van der Waals surface area contributed by atoms with Gasteiger partial charge >= 0.3 is 6.03 Å². The van der Waals surface area contributed by atoms with Crippen LogP contribution in [0.5, 0.6) is 0 Å². The minimum absolute atomic E-state index is 0.277. The zero-order valence-corrected chi connectivity index (χ0v) is 7.03. The smallest absolute Gasteiger partial charge is 0.320 e. The van der Waals surface area contributed by atoms with Gasteiger partial charge in [0.1, 0.15) is 5.82 Å². The Morgan fingerprint density at radius 1 is 1.64 bits per heavy atom. The molecule has 2 amide bonds. The molecule has 1 heterocycles. The second-order valence-corrected chi connectivity index (χ2v) is 2.60. The molecule has 1 rings (SSSR count). The van der Waals surface area contributed by atoms with Gasteiger partial charge in [-0.1, -0.05) is 0 Å². The third kappa shape index (κ3) is 2.15. The SMILES string of the molecule is CNC(=O)Nc1nc(C)ns1. The number of amides is 2. The van der Waals surface area contributed by atoms with Crippen molar-refractivity contribution in [2.75, 3.05) is 12.4 Å². The highest BCUT2D eigenvalue weighted by Gasteiger charge is 2.02. The van der Waals surface area contributed by atoms with Crippen LogP contribution >= 0.6 is 11.5 Å². The Labute approximate surface area is 68.0 Å². The van der Waals surface area contributed by atoms with Crippen LogP contribution in [-0.4, -0.2) is 22.4 Å². The van der Waals surface area contributed by atoms with Gasteiger partial charge in [0.05, 0.1) is 0 Å². The molecule has 0 aromatic carbocycles. The number of hydrogen-bond acceptors (Lipinski definition) is 4. The number of nitrogens with zero attached hydrogens (tertiary/aromatic N) is 2. The van der Waals surface area contributed by atoms with E-state index in [4.69, 9.17) is 0 Å². The van der Waals surface area contributed by atoms with Crippen molar-refractivity contribution in [1.82, 2.24) is 14.7 Å². The number of anilines is 1. The highest BCUT2D eigenvalue weighted by Crippen LogP contribution is 2.08. The van der Waals surface area contributed by atoms with E-state index < -0.39 is 0 Å². The molecular weight excluding hydrogens is 164 g/mol. The van der Waals surface area contributed by atoms with Gasteiger partial charge in [-0.3, -0.25) is 5.32 Å². The Morgan fingerprint density at radius 2 is 2.36 bits per heavy atom. The Bertz CT molecular complexity index is 259. The monoisotopic (exact) mass is 172 g/mol. The summed E-state index contributed by atoms with van der Waals surface area (Å²) in [6, 6.07) is -0.277. The van der Waals surface area contributed by atoms with E-state index in [0.717, 1.165) is 11.5 Å². The summed E-state index contributed by atoms with van der Waals surface area (Å²) in [5.41, 5.74) is 0. The minimum atomic E-state index is -0.277. The normalized spacial score (nSPS) is 9.27. The fourth-order valence-corrected chi connectivity index (χ4v) is 1.08. The lowest BCUT2D eigenvalue weighted by Gasteiger charge is -1.96. The number of carbonyl (C=O) groups excluding carboxylic acids is 1. The molecule has 0 unspecified atom stereocenters. The van der Waals surface area contributed by atoms with E-state index in [9.17, 15) is 4.79 Å². The quantitative estimate of drug-likeness (QED) is 0.651. The van der Waals surface area contributed by atoms with Crippen LogP contribution < -0.4 is 10.6 Å². The van der Waals surface area contributed by atoms with Crippen molar-refractivity contribution < 1.29 is 4.79 Å². The molecule has 1 aromatic rings. The van der Waals surface area contributed by atoms with Crippen molar-refractivity contribution in [1.29, 1.82) is 0 Å². The molecule has 11 heavy (non-hydrogen) atoms. The van der Waals surface area contributed by atoms with Crippen LogP contribution in [0.2, 0.25) is 0 Å². The molecule has 0 spiro atoms. The lowest BCUT2D eigenvalue weighted by atomic mass is 10.7. The molecule has 2 N–H and O–H groups in total. The number of aryl methyl sites for hydroxylation is 1. The first-order valence-corrected chi connectivity index (χ1v) is 3.79. The maximum absolute atomic E-state index is 10.7. The summed E-state index contributed by atoms with van der Waals surface area (Å²) < 4.78 is 3.89. The number of rotatable bonds is 1. The predicted molar refractivity (Wildman–Crippen MR) is 42.7 cm³/mol. The van der Waals surface area contributed by atoms with E-state index in [1.807, 2.05) is 0 Å². The first-order chi connectivity index (χ1) is 5.22. The van der Waals surface area contributed by atoms with Gasteiger partial charge < -0.3 is 5.32 Å². The van der Waals surface area contributed by atoms with Gasteiger partial charge in [0.25, 0.3) is 0 Å². The van der Waals surface area contributed by atoms with Crippen molar-refractivity contribution in [3.63, 3.8) is 0 Å². The van der Waals surface area contributed by atoms with Gasteiger partial charge in [0, 0.05) is 18.6 Å². The van der Waals surface area contributed by atoms with Crippen LogP contribution in [0.3, 0.4) is 0 Å². The molecule has 0 saturated heterocycles. The zero-order chi connectivity index (χ0) is 8.27. The predicted octanol–water partition coefficient (Wildman–Crippen LogP) is 0.598. The van der Waals surface area contributed by atoms with Crippen LogP contribution in [0.15, 0.2) is 0 Å². The Kier molecular flexibility index (Phi) is 2.37. The average molecular weight is 172 g/mol. The summed E-state index contributed by atoms with van der Waals surface area (Å²) in [5, 5.41) is 5.43. The molecule has 60 valence electrons. The largest absolute Gasteiger partial charge is 0.341 e. The number of carbonyl (C=O) groups is 1. The van der Waals surface area contributed by atoms with Gasteiger partial charge in [-0.2, -0.15) is 4.37 Å². The molecule has 0 saturated carbocycles. The van der Waals surface area contributed by atoms with Gasteiger partial charge in [-0.25, -0.2) is 9.78 Å². The summed E-state index contributed by atoms with van der Waals surface area (Å²) in [7, 11) is 1.54. The summed E-state index contributed by atoms with van der Waals surface area (Å²) in [6.45, 7) is 1.77. The van der Waals surface area contributed by atoms with E-state index in [0.29, 0.717) is 11.0 Å². The molecule has 0 aliphatic heterocycles. The van der Waals surface area contributed by atoms with Gasteiger partial charge in [-0.05, 0) is 6.92 Å². The van der Waals surface area contributed by atoms with Crippen molar-refractivity contribution >= 4 is 22.7 Å². The summed E-state index contributed by atoms with van der Waals surface area (Å²) >= 11 is 1.16. The van der Waals surface area contributed by atoms with E-state index in [1.165, 1.54) is 0 Å². The summed E-state index contributed by atoms with van der Waals surface area (Å²) in [4.78, 5) is 14.6. The maximum atomic E-state index is 10.7. The number of urea groups is 1. The van der Waals surface area contributed by atoms with Crippen LogP contribution in [0.25, 0.3) is 0 Å². The first-order valence-electron chi connectivity index (χ1n) is 3.01. The fraction of sp³-hybridized carbons (Fsp3) is 0.400.